The third-order valence-electron chi connectivity index (χ3n) is 5.49. The number of nitrogens with zero attached hydrogens (tertiary/aromatic N) is 3. The molecule has 1 aliphatic heterocycles. The number of hydrogen-bond acceptors (Lipinski definition) is 7. The maximum Gasteiger partial charge on any atom is 0.266 e. The van der Waals surface area contributed by atoms with Crippen LogP contribution in [-0.4, -0.2) is 39.5 Å². The minimum atomic E-state index is -0.780. The van der Waals surface area contributed by atoms with Crippen molar-refractivity contribution in [2.75, 3.05) is 18.4 Å². The van der Waals surface area contributed by atoms with Gasteiger partial charge in [0.05, 0.1) is 18.0 Å². The minimum Gasteiger partial charge on any atom is -0.369 e. The first kappa shape index (κ1) is 24.4. The molecule has 0 spiro atoms. The van der Waals surface area contributed by atoms with Gasteiger partial charge in [-0.05, 0) is 57.7 Å². The molecule has 0 saturated carbocycles. The summed E-state index contributed by atoms with van der Waals surface area (Å²) in [6.45, 7) is 12.2. The van der Waals surface area contributed by atoms with Gasteiger partial charge in [0.25, 0.3) is 5.91 Å². The molecule has 1 amide bonds. The standard InChI is InChI=1S/C23H33FN6OS/c1-22(2,3)17-9-8-16(20(24)28-17)21(31)30-32-19-14-25-13-18(29-19)26-10-6-7-15-11-23(4,5)27-12-15/h8-9,13-15,27H,6-7,10-12H2,1-5H3,(H,26,29)(H,30,31). The Hall–Kier alpha value is -2.26. The second-order valence-electron chi connectivity index (χ2n) is 9.96. The van der Waals surface area contributed by atoms with E-state index >= 15 is 0 Å². The third kappa shape index (κ3) is 6.87. The summed E-state index contributed by atoms with van der Waals surface area (Å²) in [5.41, 5.74) is 0.444. The number of nitrogens with one attached hydrogen (secondary N) is 3. The van der Waals surface area contributed by atoms with E-state index in [1.807, 2.05) is 20.8 Å². The Morgan fingerprint density at radius 3 is 2.72 bits per heavy atom. The number of pyridine rings is 1. The molecule has 32 heavy (non-hydrogen) atoms. The summed E-state index contributed by atoms with van der Waals surface area (Å²) in [6.07, 6.45) is 6.62. The minimum absolute atomic E-state index is 0.0997. The van der Waals surface area contributed by atoms with Crippen LogP contribution in [0.4, 0.5) is 10.2 Å². The van der Waals surface area contributed by atoms with E-state index < -0.39 is 11.9 Å². The van der Waals surface area contributed by atoms with Crippen LogP contribution in [-0.2, 0) is 5.41 Å². The predicted molar refractivity (Wildman–Crippen MR) is 126 cm³/mol. The molecule has 2 aromatic heterocycles. The molecule has 7 nitrogen and oxygen atoms in total. The van der Waals surface area contributed by atoms with E-state index in [0.717, 1.165) is 37.9 Å². The van der Waals surface area contributed by atoms with Crippen molar-refractivity contribution in [2.24, 2.45) is 5.92 Å². The molecule has 1 saturated heterocycles. The fourth-order valence-electron chi connectivity index (χ4n) is 3.76. The lowest BCUT2D eigenvalue weighted by Crippen LogP contribution is -2.31. The van der Waals surface area contributed by atoms with Gasteiger partial charge in [0.1, 0.15) is 10.8 Å². The fraction of sp³-hybridized carbons (Fsp3) is 0.565. The first-order chi connectivity index (χ1) is 15.0. The van der Waals surface area contributed by atoms with Crippen LogP contribution in [0, 0.1) is 11.9 Å². The Kier molecular flexibility index (Phi) is 7.71. The van der Waals surface area contributed by atoms with Crippen LogP contribution in [0.25, 0.3) is 0 Å². The highest BCUT2D eigenvalue weighted by atomic mass is 32.2. The van der Waals surface area contributed by atoms with Crippen LogP contribution in [0.3, 0.4) is 0 Å². The predicted octanol–water partition coefficient (Wildman–Crippen LogP) is 4.33. The van der Waals surface area contributed by atoms with Crippen molar-refractivity contribution in [3.63, 3.8) is 0 Å². The van der Waals surface area contributed by atoms with Gasteiger partial charge in [-0.25, -0.2) is 9.97 Å². The van der Waals surface area contributed by atoms with E-state index in [0.29, 0.717) is 22.5 Å². The van der Waals surface area contributed by atoms with Gasteiger partial charge < -0.3 is 10.6 Å². The molecule has 174 valence electrons. The van der Waals surface area contributed by atoms with Crippen molar-refractivity contribution >= 4 is 23.7 Å². The van der Waals surface area contributed by atoms with Gasteiger partial charge in [-0.2, -0.15) is 4.39 Å². The van der Waals surface area contributed by atoms with Crippen molar-refractivity contribution in [3.8, 4) is 0 Å². The van der Waals surface area contributed by atoms with Gasteiger partial charge in [0.2, 0.25) is 5.95 Å². The normalized spacial score (nSPS) is 17.9. The maximum absolute atomic E-state index is 14.3. The highest BCUT2D eigenvalue weighted by Crippen LogP contribution is 2.26. The monoisotopic (exact) mass is 460 g/mol. The van der Waals surface area contributed by atoms with E-state index in [4.69, 9.17) is 0 Å². The summed E-state index contributed by atoms with van der Waals surface area (Å²) in [6, 6.07) is 3.14. The highest BCUT2D eigenvalue weighted by molar-refractivity contribution is 7.97. The van der Waals surface area contributed by atoms with E-state index in [1.54, 1.807) is 18.5 Å². The number of halogens is 1. The van der Waals surface area contributed by atoms with Crippen LogP contribution in [0.15, 0.2) is 29.6 Å². The van der Waals surface area contributed by atoms with Gasteiger partial charge in [-0.3, -0.25) is 14.5 Å². The smallest absolute Gasteiger partial charge is 0.266 e. The molecule has 3 heterocycles. The Bertz CT molecular complexity index is 946. The number of carbonyl (C=O) groups is 1. The average Bonchev–Trinajstić information content (AvgIpc) is 3.07. The molecule has 3 N–H and O–H groups in total. The molecule has 1 aliphatic rings. The van der Waals surface area contributed by atoms with Crippen LogP contribution >= 0.6 is 11.9 Å². The van der Waals surface area contributed by atoms with E-state index in [2.05, 4.69) is 44.2 Å². The van der Waals surface area contributed by atoms with E-state index in [1.165, 1.54) is 12.5 Å². The molecule has 3 rings (SSSR count). The zero-order valence-corrected chi connectivity index (χ0v) is 20.3. The van der Waals surface area contributed by atoms with Crippen molar-refractivity contribution in [3.05, 3.63) is 41.7 Å². The summed E-state index contributed by atoms with van der Waals surface area (Å²) in [4.78, 5) is 24.9. The Balaban J connectivity index is 1.47. The number of anilines is 1. The van der Waals surface area contributed by atoms with Crippen LogP contribution < -0.4 is 15.4 Å². The molecular formula is C23H33FN6OS. The Morgan fingerprint density at radius 1 is 1.28 bits per heavy atom. The van der Waals surface area contributed by atoms with Crippen LogP contribution in [0.2, 0.25) is 0 Å². The topological polar surface area (TPSA) is 91.8 Å². The van der Waals surface area contributed by atoms with Crippen molar-refractivity contribution in [1.29, 1.82) is 0 Å². The lowest BCUT2D eigenvalue weighted by Gasteiger charge is -2.17. The number of hydrogen-bond donors (Lipinski definition) is 3. The molecule has 0 bridgehead atoms. The maximum atomic E-state index is 14.3. The van der Waals surface area contributed by atoms with Crippen LogP contribution in [0.1, 0.15) is 69.9 Å². The summed E-state index contributed by atoms with van der Waals surface area (Å²) < 4.78 is 16.9. The fourth-order valence-corrected chi connectivity index (χ4v) is 4.32. The van der Waals surface area contributed by atoms with E-state index in [9.17, 15) is 9.18 Å². The summed E-state index contributed by atoms with van der Waals surface area (Å²) in [7, 11) is 0. The number of aromatic nitrogens is 3. The summed E-state index contributed by atoms with van der Waals surface area (Å²) >= 11 is 0.999. The quantitative estimate of drug-likeness (QED) is 0.307. The molecule has 9 heteroatoms. The van der Waals surface area contributed by atoms with Crippen molar-refractivity contribution in [1.82, 2.24) is 25.0 Å². The first-order valence-corrected chi connectivity index (χ1v) is 11.8. The second-order valence-corrected chi connectivity index (χ2v) is 10.8. The lowest BCUT2D eigenvalue weighted by atomic mass is 9.91. The van der Waals surface area contributed by atoms with Crippen LogP contribution in [0.5, 0.6) is 0 Å². The third-order valence-corrected chi connectivity index (χ3v) is 6.18. The molecule has 0 radical (unpaired) electrons. The first-order valence-electron chi connectivity index (χ1n) is 11.0. The van der Waals surface area contributed by atoms with E-state index in [-0.39, 0.29) is 16.5 Å². The number of rotatable bonds is 8. The molecule has 0 aliphatic carbocycles. The Morgan fingerprint density at radius 2 is 2.06 bits per heavy atom. The summed E-state index contributed by atoms with van der Waals surface area (Å²) in [5.74, 6) is 0.0189. The van der Waals surface area contributed by atoms with Gasteiger partial charge >= 0.3 is 0 Å². The zero-order valence-electron chi connectivity index (χ0n) is 19.5. The van der Waals surface area contributed by atoms with Crippen molar-refractivity contribution in [2.45, 2.75) is 69.9 Å². The van der Waals surface area contributed by atoms with Crippen molar-refractivity contribution < 1.29 is 9.18 Å². The molecular weight excluding hydrogens is 427 g/mol. The van der Waals surface area contributed by atoms with Gasteiger partial charge in [-0.15, -0.1) is 0 Å². The average molecular weight is 461 g/mol. The molecule has 1 fully saturated rings. The van der Waals surface area contributed by atoms with Gasteiger partial charge in [0, 0.05) is 35.1 Å². The number of amides is 1. The zero-order chi connectivity index (χ0) is 23.4. The number of carbonyl (C=O) groups excluding carboxylic acids is 1. The molecule has 0 aromatic carbocycles. The molecule has 2 aromatic rings. The van der Waals surface area contributed by atoms with Gasteiger partial charge in [-0.1, -0.05) is 20.8 Å². The Labute approximate surface area is 193 Å². The van der Waals surface area contributed by atoms with Gasteiger partial charge in [0.15, 0.2) is 0 Å². The molecule has 1 unspecified atom stereocenters. The summed E-state index contributed by atoms with van der Waals surface area (Å²) in [5, 5.41) is 7.36. The second kappa shape index (κ2) is 10.1. The largest absolute Gasteiger partial charge is 0.369 e. The lowest BCUT2D eigenvalue weighted by molar-refractivity contribution is 0.0979. The highest BCUT2D eigenvalue weighted by Gasteiger charge is 2.29. The molecule has 1 atom stereocenters. The SMILES string of the molecule is CC1(C)CC(CCCNc2cncc(SNC(=O)c3ccc(C(C)(C)C)nc3F)n2)CN1.